The summed E-state index contributed by atoms with van der Waals surface area (Å²) in [6.07, 6.45) is -6.11. The molecule has 2 amide bonds. The van der Waals surface area contributed by atoms with Crippen LogP contribution in [0.25, 0.3) is 0 Å². The summed E-state index contributed by atoms with van der Waals surface area (Å²) in [4.78, 5) is 26.1. The Kier molecular flexibility index (Phi) is 7.46. The number of nitrogens with one attached hydrogen (secondary N) is 1. The SMILES string of the molecule is CCOC(=O)OC1=C(CBr)NC(=O)N(c2ccc(F)c(C(F)(F)F)c2)C1c1ccc(C#N)cc1. The number of alkyl halides is 4. The molecule has 0 saturated carbocycles. The summed E-state index contributed by atoms with van der Waals surface area (Å²) in [6, 6.07) is 7.72. The quantitative estimate of drug-likeness (QED) is 0.295. The molecule has 0 bridgehead atoms. The number of halogens is 5. The number of carbonyl (C=O) groups excluding carboxylic acids is 2. The fraction of sp³-hybridized carbons (Fsp3) is 0.227. The van der Waals surface area contributed by atoms with Crippen molar-refractivity contribution in [3.05, 3.63) is 76.4 Å². The van der Waals surface area contributed by atoms with E-state index < -0.39 is 35.8 Å². The van der Waals surface area contributed by atoms with E-state index in [1.165, 1.54) is 24.3 Å². The summed E-state index contributed by atoms with van der Waals surface area (Å²) in [5.41, 5.74) is -1.15. The topological polar surface area (TPSA) is 91.7 Å². The lowest BCUT2D eigenvalue weighted by Gasteiger charge is -2.38. The highest BCUT2D eigenvalue weighted by Crippen LogP contribution is 2.41. The van der Waals surface area contributed by atoms with Gasteiger partial charge >= 0.3 is 18.4 Å². The van der Waals surface area contributed by atoms with Crippen molar-refractivity contribution in [3.8, 4) is 6.07 Å². The van der Waals surface area contributed by atoms with Gasteiger partial charge in [-0.25, -0.2) is 14.0 Å². The molecule has 0 radical (unpaired) electrons. The molecular weight excluding hydrogens is 526 g/mol. The Morgan fingerprint density at radius 2 is 1.91 bits per heavy atom. The zero-order valence-corrected chi connectivity index (χ0v) is 19.0. The highest BCUT2D eigenvalue weighted by Gasteiger charge is 2.41. The average molecular weight is 542 g/mol. The summed E-state index contributed by atoms with van der Waals surface area (Å²) >= 11 is 3.19. The van der Waals surface area contributed by atoms with Crippen molar-refractivity contribution in [3.63, 3.8) is 0 Å². The molecule has 1 aliphatic heterocycles. The molecular formula is C22H16BrF4N3O4. The van der Waals surface area contributed by atoms with E-state index in [1.54, 1.807) is 6.92 Å². The molecule has 0 spiro atoms. The van der Waals surface area contributed by atoms with Gasteiger partial charge in [0.15, 0.2) is 5.76 Å². The molecule has 1 N–H and O–H groups in total. The van der Waals surface area contributed by atoms with Crippen molar-refractivity contribution in [2.45, 2.75) is 19.1 Å². The number of hydrogen-bond acceptors (Lipinski definition) is 5. The van der Waals surface area contributed by atoms with Crippen molar-refractivity contribution in [2.75, 3.05) is 16.8 Å². The Bertz CT molecular complexity index is 1180. The van der Waals surface area contributed by atoms with Gasteiger partial charge in [0, 0.05) is 11.0 Å². The van der Waals surface area contributed by atoms with Crippen molar-refractivity contribution < 1.29 is 36.6 Å². The molecule has 2 aromatic rings. The molecule has 2 aromatic carbocycles. The first kappa shape index (κ1) is 25.0. The first-order valence-electron chi connectivity index (χ1n) is 9.71. The van der Waals surface area contributed by atoms with Crippen LogP contribution in [0.4, 0.5) is 32.8 Å². The van der Waals surface area contributed by atoms with Crippen LogP contribution in [-0.4, -0.2) is 24.1 Å². The second kappa shape index (κ2) is 10.1. The summed E-state index contributed by atoms with van der Waals surface area (Å²) in [7, 11) is 0. The second-order valence-electron chi connectivity index (χ2n) is 6.86. The molecule has 1 atom stereocenters. The lowest BCUT2D eigenvalue weighted by molar-refractivity contribution is -0.139. The monoisotopic (exact) mass is 541 g/mol. The lowest BCUT2D eigenvalue weighted by Crippen LogP contribution is -2.49. The Labute approximate surface area is 199 Å². The molecule has 0 fully saturated rings. The number of ether oxygens (including phenoxy) is 2. The maximum absolute atomic E-state index is 13.9. The number of urea groups is 1. The molecule has 34 heavy (non-hydrogen) atoms. The molecule has 1 unspecified atom stereocenters. The van der Waals surface area contributed by atoms with Crippen LogP contribution in [0.3, 0.4) is 0 Å². The Hall–Kier alpha value is -3.59. The number of amides is 2. The zero-order valence-electron chi connectivity index (χ0n) is 17.5. The van der Waals surface area contributed by atoms with E-state index in [4.69, 9.17) is 14.7 Å². The van der Waals surface area contributed by atoms with Gasteiger partial charge in [-0.3, -0.25) is 4.90 Å². The number of rotatable bonds is 5. The summed E-state index contributed by atoms with van der Waals surface area (Å²) < 4.78 is 64.2. The van der Waals surface area contributed by atoms with Crippen molar-refractivity contribution >= 4 is 33.8 Å². The van der Waals surface area contributed by atoms with E-state index in [1.807, 2.05) is 6.07 Å². The van der Waals surface area contributed by atoms with Crippen LogP contribution in [0.2, 0.25) is 0 Å². The van der Waals surface area contributed by atoms with Gasteiger partial charge in [0.1, 0.15) is 11.9 Å². The van der Waals surface area contributed by atoms with Crippen LogP contribution in [-0.2, 0) is 15.7 Å². The average Bonchev–Trinajstić information content (AvgIpc) is 2.79. The fourth-order valence-corrected chi connectivity index (χ4v) is 3.71. The summed E-state index contributed by atoms with van der Waals surface area (Å²) in [5, 5.41) is 11.6. The Morgan fingerprint density at radius 3 is 2.47 bits per heavy atom. The molecule has 1 heterocycles. The molecule has 0 aromatic heterocycles. The molecule has 1 aliphatic rings. The van der Waals surface area contributed by atoms with Gasteiger partial charge in [0.25, 0.3) is 0 Å². The van der Waals surface area contributed by atoms with Crippen LogP contribution >= 0.6 is 15.9 Å². The number of allylic oxidation sites excluding steroid dienone is 1. The predicted octanol–water partition coefficient (Wildman–Crippen LogP) is 5.77. The zero-order chi connectivity index (χ0) is 25.0. The van der Waals surface area contributed by atoms with E-state index in [0.717, 1.165) is 11.0 Å². The highest BCUT2D eigenvalue weighted by atomic mass is 79.9. The number of anilines is 1. The van der Waals surface area contributed by atoms with E-state index in [-0.39, 0.29) is 34.6 Å². The van der Waals surface area contributed by atoms with Gasteiger partial charge in [-0.1, -0.05) is 28.1 Å². The number of nitrogens with zero attached hydrogens (tertiary/aromatic N) is 2. The minimum absolute atomic E-state index is 0.0136. The van der Waals surface area contributed by atoms with Crippen molar-refractivity contribution in [1.29, 1.82) is 5.26 Å². The number of nitriles is 1. The Morgan fingerprint density at radius 1 is 1.24 bits per heavy atom. The third-order valence-corrected chi connectivity index (χ3v) is 5.32. The van der Waals surface area contributed by atoms with Crippen LogP contribution in [0.15, 0.2) is 53.9 Å². The fourth-order valence-electron chi connectivity index (χ4n) is 3.29. The number of benzene rings is 2. The number of hydrogen-bond donors (Lipinski definition) is 1. The first-order valence-corrected chi connectivity index (χ1v) is 10.8. The molecule has 0 aliphatic carbocycles. The minimum atomic E-state index is -5.02. The van der Waals surface area contributed by atoms with Crippen LogP contribution in [0.5, 0.6) is 0 Å². The van der Waals surface area contributed by atoms with E-state index in [9.17, 15) is 27.2 Å². The molecule has 12 heteroatoms. The highest BCUT2D eigenvalue weighted by molar-refractivity contribution is 9.09. The van der Waals surface area contributed by atoms with Crippen molar-refractivity contribution in [2.24, 2.45) is 0 Å². The summed E-state index contributed by atoms with van der Waals surface area (Å²) in [6.45, 7) is 1.53. The van der Waals surface area contributed by atoms with Crippen LogP contribution < -0.4 is 10.2 Å². The largest absolute Gasteiger partial charge is 0.513 e. The van der Waals surface area contributed by atoms with Gasteiger partial charge in [-0.2, -0.15) is 18.4 Å². The van der Waals surface area contributed by atoms with Gasteiger partial charge in [0.2, 0.25) is 0 Å². The van der Waals surface area contributed by atoms with Gasteiger partial charge in [0.05, 0.1) is 29.5 Å². The normalized spacial score (nSPS) is 16.1. The molecule has 0 saturated heterocycles. The van der Waals surface area contributed by atoms with Crippen LogP contribution in [0, 0.1) is 17.1 Å². The second-order valence-corrected chi connectivity index (χ2v) is 7.42. The smallest absolute Gasteiger partial charge is 0.434 e. The molecule has 178 valence electrons. The summed E-state index contributed by atoms with van der Waals surface area (Å²) in [5.74, 6) is -1.64. The molecule has 3 rings (SSSR count). The van der Waals surface area contributed by atoms with Gasteiger partial charge in [-0.15, -0.1) is 0 Å². The number of carbonyl (C=O) groups is 2. The van der Waals surface area contributed by atoms with Crippen LogP contribution in [0.1, 0.15) is 29.7 Å². The van der Waals surface area contributed by atoms with Crippen molar-refractivity contribution in [1.82, 2.24) is 5.32 Å². The standard InChI is InChI=1S/C22H16BrF4N3O4/c1-2-33-21(32)34-19-17(10-23)29-20(31)30(18(19)13-5-3-12(11-28)4-6-13)14-7-8-16(24)15(9-14)22(25,26)27/h3-9,18H,2,10H2,1H3,(H,29,31). The Balaban J connectivity index is 2.23. The minimum Gasteiger partial charge on any atom is -0.434 e. The van der Waals surface area contributed by atoms with E-state index >= 15 is 0 Å². The third kappa shape index (κ3) is 5.14. The maximum Gasteiger partial charge on any atom is 0.513 e. The lowest BCUT2D eigenvalue weighted by atomic mass is 9.98. The van der Waals surface area contributed by atoms with E-state index in [2.05, 4.69) is 21.2 Å². The van der Waals surface area contributed by atoms with E-state index in [0.29, 0.717) is 17.7 Å². The third-order valence-electron chi connectivity index (χ3n) is 4.76. The molecule has 7 nitrogen and oxygen atoms in total. The maximum atomic E-state index is 13.9. The predicted molar refractivity (Wildman–Crippen MR) is 115 cm³/mol. The van der Waals surface area contributed by atoms with Gasteiger partial charge < -0.3 is 14.8 Å². The van der Waals surface area contributed by atoms with Gasteiger partial charge in [-0.05, 0) is 42.8 Å². The first-order chi connectivity index (χ1) is 16.1.